The second kappa shape index (κ2) is 11.4. The van der Waals surface area contributed by atoms with Crippen molar-refractivity contribution in [3.8, 4) is 17.5 Å². The summed E-state index contributed by atoms with van der Waals surface area (Å²) in [4.78, 5) is 2.42. The van der Waals surface area contributed by atoms with Crippen LogP contribution in [0.1, 0.15) is 44.4 Å². The van der Waals surface area contributed by atoms with Crippen LogP contribution in [0.2, 0.25) is 0 Å². The zero-order valence-corrected chi connectivity index (χ0v) is 19.8. The van der Waals surface area contributed by atoms with Crippen LogP contribution in [-0.4, -0.2) is 22.6 Å². The van der Waals surface area contributed by atoms with Crippen molar-refractivity contribution in [3.05, 3.63) is 102 Å². The molecule has 0 bridgehead atoms. The predicted octanol–water partition coefficient (Wildman–Crippen LogP) is 7.08. The first-order chi connectivity index (χ1) is 15.4. The molecule has 2 aromatic carbocycles. The van der Waals surface area contributed by atoms with E-state index >= 15 is 0 Å². The van der Waals surface area contributed by atoms with Gasteiger partial charge in [-0.05, 0) is 74.3 Å². The van der Waals surface area contributed by atoms with E-state index in [1.165, 1.54) is 22.4 Å². The maximum atomic E-state index is 3.25. The molecule has 0 spiro atoms. The number of hydrogen-bond acceptors (Lipinski definition) is 1. The van der Waals surface area contributed by atoms with Crippen LogP contribution in [0.5, 0.6) is 0 Å². The Balaban J connectivity index is 1.63. The number of aromatic nitrogens is 1. The Hall–Kier alpha value is -3.28. The van der Waals surface area contributed by atoms with Crippen molar-refractivity contribution in [1.29, 1.82) is 0 Å². The van der Waals surface area contributed by atoms with Gasteiger partial charge in [0.1, 0.15) is 0 Å². The van der Waals surface area contributed by atoms with E-state index in [0.29, 0.717) is 0 Å². The summed E-state index contributed by atoms with van der Waals surface area (Å²) in [5, 5.41) is 0. The molecule has 0 aliphatic rings. The van der Waals surface area contributed by atoms with Crippen molar-refractivity contribution in [2.24, 2.45) is 5.41 Å². The first-order valence-corrected chi connectivity index (χ1v) is 11.3. The highest BCUT2D eigenvalue weighted by Crippen LogP contribution is 2.15. The number of nitrogens with zero attached hydrogens (tertiary/aromatic N) is 2. The molecule has 0 aliphatic carbocycles. The number of rotatable bonds is 8. The fourth-order valence-electron chi connectivity index (χ4n) is 3.37. The first-order valence-electron chi connectivity index (χ1n) is 11.3. The fourth-order valence-corrected chi connectivity index (χ4v) is 3.37. The highest BCUT2D eigenvalue weighted by atomic mass is 15.1. The third-order valence-electron chi connectivity index (χ3n) is 5.06. The molecule has 3 aromatic rings. The van der Waals surface area contributed by atoms with Crippen molar-refractivity contribution >= 4 is 12.2 Å². The van der Waals surface area contributed by atoms with E-state index in [-0.39, 0.29) is 5.41 Å². The van der Waals surface area contributed by atoms with Crippen molar-refractivity contribution in [2.45, 2.75) is 34.2 Å². The van der Waals surface area contributed by atoms with Crippen LogP contribution < -0.4 is 0 Å². The van der Waals surface area contributed by atoms with Crippen molar-refractivity contribution in [2.75, 3.05) is 13.1 Å². The number of benzene rings is 2. The van der Waals surface area contributed by atoms with E-state index in [0.717, 1.165) is 19.6 Å². The lowest BCUT2D eigenvalue weighted by Gasteiger charge is -2.18. The van der Waals surface area contributed by atoms with Gasteiger partial charge in [-0.1, -0.05) is 73.4 Å². The van der Waals surface area contributed by atoms with Crippen molar-refractivity contribution < 1.29 is 0 Å². The minimum atomic E-state index is 0.0479. The van der Waals surface area contributed by atoms with Gasteiger partial charge < -0.3 is 4.57 Å². The molecule has 32 heavy (non-hydrogen) atoms. The Morgan fingerprint density at radius 2 is 1.59 bits per heavy atom. The summed E-state index contributed by atoms with van der Waals surface area (Å²) < 4.78 is 2.13. The molecule has 3 rings (SSSR count). The van der Waals surface area contributed by atoms with Gasteiger partial charge in [-0.2, -0.15) is 0 Å². The lowest BCUT2D eigenvalue weighted by Crippen LogP contribution is -2.22. The largest absolute Gasteiger partial charge is 0.324 e. The van der Waals surface area contributed by atoms with Gasteiger partial charge in [0.05, 0.1) is 0 Å². The monoisotopic (exact) mass is 422 g/mol. The van der Waals surface area contributed by atoms with Gasteiger partial charge in [-0.25, -0.2) is 0 Å². The number of allylic oxidation sites excluding steroid dienone is 1. The van der Waals surface area contributed by atoms with Crippen LogP contribution in [0.25, 0.3) is 17.8 Å². The van der Waals surface area contributed by atoms with E-state index in [2.05, 4.69) is 128 Å². The smallest absolute Gasteiger partial charge is 0.0455 e. The molecule has 1 heterocycles. The summed E-state index contributed by atoms with van der Waals surface area (Å²) in [7, 11) is 0. The fraction of sp³-hybridized carbons (Fsp3) is 0.267. The summed E-state index contributed by atoms with van der Waals surface area (Å²) in [5.74, 6) is 6.40. The number of hydrogen-bond donors (Lipinski definition) is 0. The molecule has 0 saturated heterocycles. The molecule has 0 saturated carbocycles. The Kier molecular flexibility index (Phi) is 8.31. The molecule has 2 heteroatoms. The molecule has 0 N–H and O–H groups in total. The molecule has 0 radical (unpaired) electrons. The van der Waals surface area contributed by atoms with Gasteiger partial charge in [-0.3, -0.25) is 4.90 Å². The molecule has 164 valence electrons. The topological polar surface area (TPSA) is 8.17 Å². The molecule has 0 unspecified atom stereocenters. The standard InChI is InChI=1S/C30H34N2/c1-5-31(20-8-6-7-19-30(2,3)4)25-28-15-11-13-26(23-28)17-18-27-14-12-16-29(24-27)32-21-9-10-22-32/h6,8-18,21-24H,5,20,25H2,1-4H3. The maximum Gasteiger partial charge on any atom is 0.0455 e. The molecule has 1 aromatic heterocycles. The normalized spacial score (nSPS) is 11.9. The molecule has 0 aliphatic heterocycles. The quantitative estimate of drug-likeness (QED) is 0.278. The predicted molar refractivity (Wildman–Crippen MR) is 138 cm³/mol. The number of likely N-dealkylation sites (N-methyl/N-ethyl adjacent to an activating group) is 1. The van der Waals surface area contributed by atoms with E-state index < -0.39 is 0 Å². The zero-order chi connectivity index (χ0) is 22.8. The summed E-state index contributed by atoms with van der Waals surface area (Å²) in [5.41, 5.74) is 4.95. The van der Waals surface area contributed by atoms with Crippen LogP contribution in [0.15, 0.2) is 85.2 Å². The molecule has 2 nitrogen and oxygen atoms in total. The third kappa shape index (κ3) is 7.76. The van der Waals surface area contributed by atoms with Crippen LogP contribution in [0.3, 0.4) is 0 Å². The van der Waals surface area contributed by atoms with Crippen molar-refractivity contribution in [1.82, 2.24) is 9.47 Å². The van der Waals surface area contributed by atoms with Gasteiger partial charge in [0.25, 0.3) is 0 Å². The zero-order valence-electron chi connectivity index (χ0n) is 19.8. The van der Waals surface area contributed by atoms with E-state index in [9.17, 15) is 0 Å². The van der Waals surface area contributed by atoms with Gasteiger partial charge in [0, 0.05) is 36.6 Å². The highest BCUT2D eigenvalue weighted by Gasteiger charge is 2.04. The SMILES string of the molecule is CCN(CC=CC#CC(C)(C)C)Cc1cccc(C=Cc2cccc(-n3cccc3)c2)c1. The second-order valence-corrected chi connectivity index (χ2v) is 9.01. The van der Waals surface area contributed by atoms with Crippen LogP contribution in [0, 0.1) is 17.3 Å². The summed E-state index contributed by atoms with van der Waals surface area (Å²) in [6.07, 6.45) is 12.6. The molecule has 0 fully saturated rings. The molecular weight excluding hydrogens is 388 g/mol. The minimum absolute atomic E-state index is 0.0479. The van der Waals surface area contributed by atoms with Gasteiger partial charge >= 0.3 is 0 Å². The lowest BCUT2D eigenvalue weighted by atomic mass is 9.98. The van der Waals surface area contributed by atoms with Gasteiger partial charge in [0.15, 0.2) is 0 Å². The van der Waals surface area contributed by atoms with Crippen molar-refractivity contribution in [3.63, 3.8) is 0 Å². The molecule has 0 atom stereocenters. The minimum Gasteiger partial charge on any atom is -0.324 e. The van der Waals surface area contributed by atoms with E-state index in [1.807, 2.05) is 18.2 Å². The van der Waals surface area contributed by atoms with E-state index in [1.54, 1.807) is 0 Å². The third-order valence-corrected chi connectivity index (χ3v) is 5.06. The highest BCUT2D eigenvalue weighted by molar-refractivity contribution is 5.70. The molecule has 0 amide bonds. The van der Waals surface area contributed by atoms with E-state index in [4.69, 9.17) is 0 Å². The maximum absolute atomic E-state index is 3.25. The van der Waals surface area contributed by atoms with Crippen LogP contribution in [0.4, 0.5) is 0 Å². The summed E-state index contributed by atoms with van der Waals surface area (Å²) in [6, 6.07) is 21.4. The Labute approximate surface area is 193 Å². The average molecular weight is 423 g/mol. The Bertz CT molecular complexity index is 1100. The second-order valence-electron chi connectivity index (χ2n) is 9.01. The van der Waals surface area contributed by atoms with Gasteiger partial charge in [-0.15, -0.1) is 0 Å². The molecular formula is C30H34N2. The summed E-state index contributed by atoms with van der Waals surface area (Å²) in [6.45, 7) is 11.4. The van der Waals surface area contributed by atoms with Gasteiger partial charge in [0.2, 0.25) is 0 Å². The average Bonchev–Trinajstić information content (AvgIpc) is 3.31. The Morgan fingerprint density at radius 1 is 0.906 bits per heavy atom. The lowest BCUT2D eigenvalue weighted by molar-refractivity contribution is 0.311. The Morgan fingerprint density at radius 3 is 2.28 bits per heavy atom. The summed E-state index contributed by atoms with van der Waals surface area (Å²) >= 11 is 0. The van der Waals surface area contributed by atoms with Crippen LogP contribution >= 0.6 is 0 Å². The first kappa shape index (κ1) is 23.4. The van der Waals surface area contributed by atoms with Crippen LogP contribution in [-0.2, 0) is 6.54 Å².